The summed E-state index contributed by atoms with van der Waals surface area (Å²) < 4.78 is 32.0. The van der Waals surface area contributed by atoms with E-state index in [9.17, 15) is 18.4 Å². The van der Waals surface area contributed by atoms with Gasteiger partial charge in [0.05, 0.1) is 5.69 Å². The van der Waals surface area contributed by atoms with Crippen molar-refractivity contribution < 1.29 is 23.1 Å². The SMILES string of the molecule is CC(C)(C)OC(=O)NCC(=O)Nc1nc(-c2cccc(F)n2)c(F)s1. The molecule has 2 heterocycles. The summed E-state index contributed by atoms with van der Waals surface area (Å²) in [4.78, 5) is 30.7. The van der Waals surface area contributed by atoms with E-state index in [1.54, 1.807) is 20.8 Å². The number of carbonyl (C=O) groups excluding carboxylic acids is 2. The Hall–Kier alpha value is -2.62. The number of carbonyl (C=O) groups is 2. The molecule has 0 spiro atoms. The third kappa shape index (κ3) is 5.75. The normalized spacial score (nSPS) is 11.1. The third-order valence-corrected chi connectivity index (χ3v) is 3.34. The molecule has 25 heavy (non-hydrogen) atoms. The van der Waals surface area contributed by atoms with Crippen LogP contribution in [0.4, 0.5) is 18.7 Å². The molecule has 0 unspecified atom stereocenters. The number of nitrogens with one attached hydrogen (secondary N) is 2. The van der Waals surface area contributed by atoms with Gasteiger partial charge in [0.25, 0.3) is 0 Å². The van der Waals surface area contributed by atoms with Crippen molar-refractivity contribution in [3.05, 3.63) is 29.3 Å². The molecule has 2 aromatic rings. The second kappa shape index (κ2) is 7.51. The van der Waals surface area contributed by atoms with Gasteiger partial charge in [-0.25, -0.2) is 14.8 Å². The number of ether oxygens (including phenoxy) is 1. The van der Waals surface area contributed by atoms with Gasteiger partial charge in [0.15, 0.2) is 5.13 Å². The predicted octanol–water partition coefficient (Wildman–Crippen LogP) is 2.95. The van der Waals surface area contributed by atoms with Gasteiger partial charge in [0.1, 0.15) is 17.8 Å². The highest BCUT2D eigenvalue weighted by molar-refractivity contribution is 7.14. The molecule has 2 rings (SSSR count). The average Bonchev–Trinajstić information content (AvgIpc) is 2.84. The summed E-state index contributed by atoms with van der Waals surface area (Å²) in [5.74, 6) is -1.38. The molecule has 7 nitrogen and oxygen atoms in total. The smallest absolute Gasteiger partial charge is 0.408 e. The molecule has 2 N–H and O–H groups in total. The summed E-state index contributed by atoms with van der Waals surface area (Å²) in [5, 5.41) is 3.86. The molecule has 0 aliphatic heterocycles. The Balaban J connectivity index is 1.96. The number of aromatic nitrogens is 2. The molecule has 0 aliphatic carbocycles. The molecule has 0 aliphatic rings. The second-order valence-electron chi connectivity index (χ2n) is 5.89. The fourth-order valence-electron chi connectivity index (χ4n) is 1.68. The minimum Gasteiger partial charge on any atom is -0.444 e. The molecule has 0 saturated carbocycles. The molecule has 134 valence electrons. The number of rotatable bonds is 4. The quantitative estimate of drug-likeness (QED) is 0.807. The number of thiazole rings is 1. The van der Waals surface area contributed by atoms with Gasteiger partial charge in [0.2, 0.25) is 17.0 Å². The van der Waals surface area contributed by atoms with Gasteiger partial charge in [0, 0.05) is 0 Å². The number of pyridine rings is 1. The van der Waals surface area contributed by atoms with Gasteiger partial charge in [-0.3, -0.25) is 4.79 Å². The van der Waals surface area contributed by atoms with Crippen LogP contribution in [0.1, 0.15) is 20.8 Å². The summed E-state index contributed by atoms with van der Waals surface area (Å²) in [5.41, 5.74) is -0.840. The standard InChI is InChI=1S/C15H16F2N4O3S/c1-15(2,3)24-14(23)18-7-10(22)20-13-21-11(12(17)25-13)8-5-4-6-9(16)19-8/h4-6H,7H2,1-3H3,(H,18,23)(H,20,21,22). The van der Waals surface area contributed by atoms with Gasteiger partial charge in [-0.2, -0.15) is 8.78 Å². The zero-order valence-corrected chi connectivity index (χ0v) is 14.5. The van der Waals surface area contributed by atoms with Gasteiger partial charge in [-0.1, -0.05) is 17.4 Å². The molecule has 0 fully saturated rings. The number of amides is 2. The second-order valence-corrected chi connectivity index (χ2v) is 6.84. The summed E-state index contributed by atoms with van der Waals surface area (Å²) in [6.45, 7) is 4.69. The van der Waals surface area contributed by atoms with Crippen molar-refractivity contribution in [2.24, 2.45) is 0 Å². The summed E-state index contributed by atoms with van der Waals surface area (Å²) in [6, 6.07) is 3.90. The predicted molar refractivity (Wildman–Crippen MR) is 88.1 cm³/mol. The Labute approximate surface area is 146 Å². The number of alkyl carbamates (subject to hydrolysis) is 1. The number of hydrogen-bond acceptors (Lipinski definition) is 6. The lowest BCUT2D eigenvalue weighted by atomic mass is 10.2. The lowest BCUT2D eigenvalue weighted by Gasteiger charge is -2.19. The number of nitrogens with zero attached hydrogens (tertiary/aromatic N) is 2. The van der Waals surface area contributed by atoms with E-state index in [-0.39, 0.29) is 23.1 Å². The van der Waals surface area contributed by atoms with Crippen molar-refractivity contribution in [1.29, 1.82) is 0 Å². The van der Waals surface area contributed by atoms with E-state index in [1.807, 2.05) is 0 Å². The first kappa shape index (κ1) is 18.7. The highest BCUT2D eigenvalue weighted by atomic mass is 32.1. The van der Waals surface area contributed by atoms with Crippen LogP contribution in [0.25, 0.3) is 11.4 Å². The monoisotopic (exact) mass is 370 g/mol. The van der Waals surface area contributed by atoms with E-state index in [1.165, 1.54) is 12.1 Å². The lowest BCUT2D eigenvalue weighted by Crippen LogP contribution is -2.37. The Morgan fingerprint density at radius 1 is 1.24 bits per heavy atom. The number of anilines is 1. The van der Waals surface area contributed by atoms with Crippen LogP contribution in [0.2, 0.25) is 0 Å². The van der Waals surface area contributed by atoms with E-state index in [2.05, 4.69) is 20.6 Å². The summed E-state index contributed by atoms with van der Waals surface area (Å²) in [6.07, 6.45) is -0.752. The Morgan fingerprint density at radius 3 is 2.60 bits per heavy atom. The molecular weight excluding hydrogens is 354 g/mol. The molecule has 10 heteroatoms. The zero-order valence-electron chi connectivity index (χ0n) is 13.7. The minimum atomic E-state index is -0.767. The molecule has 0 atom stereocenters. The van der Waals surface area contributed by atoms with Crippen LogP contribution in [0.3, 0.4) is 0 Å². The van der Waals surface area contributed by atoms with Crippen LogP contribution in [-0.2, 0) is 9.53 Å². The first-order valence-corrected chi connectivity index (χ1v) is 8.01. The van der Waals surface area contributed by atoms with E-state index in [0.717, 1.165) is 6.07 Å². The maximum Gasteiger partial charge on any atom is 0.408 e. The van der Waals surface area contributed by atoms with Crippen molar-refractivity contribution in [3.8, 4) is 11.4 Å². The average molecular weight is 370 g/mol. The minimum absolute atomic E-state index is 0.0149. The molecule has 0 bridgehead atoms. The summed E-state index contributed by atoms with van der Waals surface area (Å²) >= 11 is 0.572. The van der Waals surface area contributed by atoms with Crippen LogP contribution < -0.4 is 10.6 Å². The van der Waals surface area contributed by atoms with Crippen molar-refractivity contribution in [3.63, 3.8) is 0 Å². The first-order chi connectivity index (χ1) is 11.6. The van der Waals surface area contributed by atoms with Crippen LogP contribution in [0, 0.1) is 11.1 Å². The Bertz CT molecular complexity index is 789. The van der Waals surface area contributed by atoms with Crippen LogP contribution in [-0.4, -0.2) is 34.1 Å². The van der Waals surface area contributed by atoms with Crippen molar-refractivity contribution in [1.82, 2.24) is 15.3 Å². The summed E-state index contributed by atoms with van der Waals surface area (Å²) in [7, 11) is 0. The highest BCUT2D eigenvalue weighted by Crippen LogP contribution is 2.28. The maximum atomic E-state index is 13.9. The van der Waals surface area contributed by atoms with Crippen molar-refractivity contribution in [2.75, 3.05) is 11.9 Å². The van der Waals surface area contributed by atoms with Crippen LogP contribution in [0.15, 0.2) is 18.2 Å². The van der Waals surface area contributed by atoms with Crippen molar-refractivity contribution >= 4 is 28.5 Å². The fraction of sp³-hybridized carbons (Fsp3) is 0.333. The van der Waals surface area contributed by atoms with Gasteiger partial charge in [-0.05, 0) is 32.9 Å². The maximum absolute atomic E-state index is 13.9. The van der Waals surface area contributed by atoms with Crippen LogP contribution >= 0.6 is 11.3 Å². The van der Waals surface area contributed by atoms with Gasteiger partial charge < -0.3 is 15.4 Å². The fourth-order valence-corrected chi connectivity index (χ4v) is 2.40. The lowest BCUT2D eigenvalue weighted by molar-refractivity contribution is -0.115. The topological polar surface area (TPSA) is 93.2 Å². The van der Waals surface area contributed by atoms with E-state index < -0.39 is 28.7 Å². The molecule has 0 aromatic carbocycles. The Kier molecular flexibility index (Phi) is 5.62. The number of hydrogen-bond donors (Lipinski definition) is 2. The largest absolute Gasteiger partial charge is 0.444 e. The van der Waals surface area contributed by atoms with Gasteiger partial charge >= 0.3 is 6.09 Å². The Morgan fingerprint density at radius 2 is 1.96 bits per heavy atom. The van der Waals surface area contributed by atoms with E-state index in [4.69, 9.17) is 4.74 Å². The van der Waals surface area contributed by atoms with Crippen LogP contribution in [0.5, 0.6) is 0 Å². The number of halogens is 2. The molecule has 0 radical (unpaired) electrons. The third-order valence-electron chi connectivity index (χ3n) is 2.58. The first-order valence-electron chi connectivity index (χ1n) is 7.20. The molecule has 0 saturated heterocycles. The highest BCUT2D eigenvalue weighted by Gasteiger charge is 2.18. The molecule has 2 aromatic heterocycles. The van der Waals surface area contributed by atoms with E-state index >= 15 is 0 Å². The molecular formula is C15H16F2N4O3S. The van der Waals surface area contributed by atoms with Gasteiger partial charge in [-0.15, -0.1) is 0 Å². The van der Waals surface area contributed by atoms with E-state index in [0.29, 0.717) is 11.3 Å². The van der Waals surface area contributed by atoms with Crippen molar-refractivity contribution in [2.45, 2.75) is 26.4 Å². The zero-order chi connectivity index (χ0) is 18.6. The molecule has 2 amide bonds.